The maximum atomic E-state index is 11.6. The maximum Gasteiger partial charge on any atom is 0.249 e. The first-order chi connectivity index (χ1) is 17.4. The molecule has 3 saturated carbocycles. The Balaban J connectivity index is 1.22. The summed E-state index contributed by atoms with van der Waals surface area (Å²) in [5, 5.41) is 0. The van der Waals surface area contributed by atoms with E-state index in [4.69, 9.17) is 4.74 Å². The summed E-state index contributed by atoms with van der Waals surface area (Å²) in [6.45, 7) is 11.1. The third-order valence-electron chi connectivity index (χ3n) is 12.5. The van der Waals surface area contributed by atoms with Gasteiger partial charge in [-0.15, -0.1) is 0 Å². The molecule has 2 saturated heterocycles. The number of allylic oxidation sites excluding steroid dienone is 1. The van der Waals surface area contributed by atoms with E-state index in [1.165, 1.54) is 57.7 Å². The molecule has 2 heterocycles. The van der Waals surface area contributed by atoms with Crippen molar-refractivity contribution in [3.05, 3.63) is 11.1 Å². The zero-order valence-electron chi connectivity index (χ0n) is 24.1. The Labute approximate surface area is 225 Å². The average Bonchev–Trinajstić information content (AvgIpc) is 3.27. The average molecular weight is 531 g/mol. The van der Waals surface area contributed by atoms with Crippen LogP contribution in [0.4, 0.5) is 0 Å². The Hall–Kier alpha value is -0.720. The lowest BCUT2D eigenvalue weighted by molar-refractivity contribution is -0.0797. The number of hydrogen-bond donors (Lipinski definition) is 0. The highest BCUT2D eigenvalue weighted by molar-refractivity contribution is 7.89. The van der Waals surface area contributed by atoms with Crippen molar-refractivity contribution in [1.82, 2.24) is 4.90 Å². The van der Waals surface area contributed by atoms with E-state index in [1.54, 1.807) is 11.8 Å². The molecule has 5 fully saturated rings. The van der Waals surface area contributed by atoms with Gasteiger partial charge in [-0.25, -0.2) is 8.42 Å². The molecule has 37 heavy (non-hydrogen) atoms. The van der Waals surface area contributed by atoms with Crippen molar-refractivity contribution in [2.45, 2.75) is 110 Å². The fraction of sp³-hybridized carbons (Fsp3) is 0.903. The number of rotatable bonds is 2. The predicted molar refractivity (Wildman–Crippen MR) is 150 cm³/mol. The molecule has 6 heteroatoms. The summed E-state index contributed by atoms with van der Waals surface area (Å²) in [5.41, 5.74) is 3.89. The van der Waals surface area contributed by atoms with E-state index in [9.17, 15) is 8.42 Å². The van der Waals surface area contributed by atoms with Crippen molar-refractivity contribution in [2.24, 2.45) is 51.2 Å². The second-order valence-corrected chi connectivity index (χ2v) is 16.4. The molecule has 0 aromatic heterocycles. The summed E-state index contributed by atoms with van der Waals surface area (Å²) in [6, 6.07) is 0.579. The van der Waals surface area contributed by atoms with Crippen molar-refractivity contribution < 1.29 is 13.2 Å². The smallest absolute Gasteiger partial charge is 0.249 e. The molecular formula is C31H50N2O3S. The molecule has 0 N–H and O–H groups in total. The highest BCUT2D eigenvalue weighted by atomic mass is 32.2. The van der Waals surface area contributed by atoms with Crippen LogP contribution < -0.4 is 0 Å². The molecule has 0 amide bonds. The van der Waals surface area contributed by atoms with Gasteiger partial charge in [-0.2, -0.15) is 4.40 Å². The Morgan fingerprint density at radius 2 is 1.89 bits per heavy atom. The van der Waals surface area contributed by atoms with Gasteiger partial charge in [-0.1, -0.05) is 31.9 Å². The molecule has 11 atom stereocenters. The van der Waals surface area contributed by atoms with Gasteiger partial charge < -0.3 is 9.64 Å². The van der Waals surface area contributed by atoms with Crippen molar-refractivity contribution >= 4 is 16.2 Å². The summed E-state index contributed by atoms with van der Waals surface area (Å²) in [6.07, 6.45) is 15.6. The Bertz CT molecular complexity index is 1080. The van der Waals surface area contributed by atoms with E-state index in [2.05, 4.69) is 44.0 Å². The van der Waals surface area contributed by atoms with E-state index in [0.29, 0.717) is 35.3 Å². The van der Waals surface area contributed by atoms with Crippen LogP contribution in [0.25, 0.3) is 0 Å². The number of sulfonamides is 1. The molecule has 0 bridgehead atoms. The van der Waals surface area contributed by atoms with Crippen LogP contribution in [0.2, 0.25) is 0 Å². The lowest BCUT2D eigenvalue weighted by atomic mass is 9.51. The number of likely N-dealkylation sites (tertiary alicyclic amines) is 1. The van der Waals surface area contributed by atoms with Crippen LogP contribution in [0, 0.1) is 46.8 Å². The van der Waals surface area contributed by atoms with Gasteiger partial charge >= 0.3 is 0 Å². The molecule has 0 aromatic carbocycles. The first-order valence-corrected chi connectivity index (χ1v) is 17.1. The van der Waals surface area contributed by atoms with Crippen molar-refractivity contribution in [2.75, 3.05) is 19.8 Å². The van der Waals surface area contributed by atoms with Gasteiger partial charge in [0.25, 0.3) is 0 Å². The number of ether oxygens (including phenoxy) is 1. The molecule has 6 rings (SSSR count). The topological polar surface area (TPSA) is 59.0 Å². The van der Waals surface area contributed by atoms with Crippen LogP contribution in [0.15, 0.2) is 15.5 Å². The molecule has 0 aromatic rings. The van der Waals surface area contributed by atoms with Crippen molar-refractivity contribution in [1.29, 1.82) is 0 Å². The van der Waals surface area contributed by atoms with E-state index in [-0.39, 0.29) is 5.60 Å². The minimum absolute atomic E-state index is 0.0304. The molecule has 6 aliphatic rings. The molecule has 1 unspecified atom stereocenters. The second-order valence-electron chi connectivity index (χ2n) is 14.7. The molecule has 1 spiro atoms. The largest absolute Gasteiger partial charge is 0.369 e. The molecule has 2 aliphatic heterocycles. The van der Waals surface area contributed by atoms with Crippen molar-refractivity contribution in [3.63, 3.8) is 0 Å². The molecule has 208 valence electrons. The third-order valence-corrected chi connectivity index (χ3v) is 13.0. The summed E-state index contributed by atoms with van der Waals surface area (Å²) in [7, 11) is -0.954. The van der Waals surface area contributed by atoms with Crippen molar-refractivity contribution in [3.8, 4) is 0 Å². The van der Waals surface area contributed by atoms with Crippen LogP contribution in [-0.2, 0) is 14.8 Å². The lowest BCUT2D eigenvalue weighted by Gasteiger charge is -2.54. The van der Waals surface area contributed by atoms with Crippen LogP contribution >= 0.6 is 0 Å². The number of fused-ring (bicyclic) bond motifs is 6. The summed E-state index contributed by atoms with van der Waals surface area (Å²) >= 11 is 0. The molecular weight excluding hydrogens is 480 g/mol. The monoisotopic (exact) mass is 530 g/mol. The molecule has 5 nitrogen and oxygen atoms in total. The summed E-state index contributed by atoms with van der Waals surface area (Å²) < 4.78 is 34.2. The predicted octanol–water partition coefficient (Wildman–Crippen LogP) is 6.10. The van der Waals surface area contributed by atoms with Gasteiger partial charge in [0.05, 0.1) is 18.0 Å². The first-order valence-electron chi connectivity index (χ1n) is 15.2. The fourth-order valence-electron chi connectivity index (χ4n) is 10.8. The zero-order chi connectivity index (χ0) is 26.3. The Morgan fingerprint density at radius 1 is 1.11 bits per heavy atom. The van der Waals surface area contributed by atoms with Gasteiger partial charge in [0.1, 0.15) is 0 Å². The normalized spacial score (nSPS) is 50.6. The summed E-state index contributed by atoms with van der Waals surface area (Å²) in [4.78, 5) is 2.61. The highest BCUT2D eigenvalue weighted by Gasteiger charge is 2.59. The number of piperidine rings is 1. The van der Waals surface area contributed by atoms with E-state index < -0.39 is 10.0 Å². The Morgan fingerprint density at radius 3 is 2.65 bits per heavy atom. The second kappa shape index (κ2) is 9.16. The number of likely N-dealkylation sites (N-methyl/N-ethyl adjacent to an activating group) is 1. The van der Waals surface area contributed by atoms with Crippen LogP contribution in [0.3, 0.4) is 0 Å². The minimum atomic E-state index is -3.28. The standard InChI is InChI=1S/C31H50N2O3S/c1-19-13-28-29(33(5)18-19)21(3)31(36-28)12-10-24-25-8-7-23-14-22(17-32-37(6,34)35)9-11-30(23,4)27(25)15-26(24)20(2)16-31/h17,19,21-25,27-29H,7-16,18H2,1-6H3/t19-,21+,22?,23+,24-,25-,27-,28+,29-,30-,31-/m0/s1. The molecule has 4 aliphatic carbocycles. The van der Waals surface area contributed by atoms with Crippen LogP contribution in [0.1, 0.15) is 91.9 Å². The van der Waals surface area contributed by atoms with E-state index in [1.807, 2.05) is 5.57 Å². The minimum Gasteiger partial charge on any atom is -0.369 e. The number of nitrogens with zero attached hydrogens (tertiary/aromatic N) is 2. The highest BCUT2D eigenvalue weighted by Crippen LogP contribution is 2.65. The van der Waals surface area contributed by atoms with Crippen LogP contribution in [-0.4, -0.2) is 57.1 Å². The first kappa shape index (κ1) is 26.5. The maximum absolute atomic E-state index is 11.6. The third kappa shape index (κ3) is 4.40. The van der Waals surface area contributed by atoms with Gasteiger partial charge in [0.15, 0.2) is 0 Å². The lowest BCUT2D eigenvalue weighted by Crippen LogP contribution is -2.49. The van der Waals surface area contributed by atoms with Gasteiger partial charge in [-0.05, 0) is 119 Å². The molecule has 0 radical (unpaired) electrons. The van der Waals surface area contributed by atoms with Gasteiger partial charge in [0, 0.05) is 24.7 Å². The SMILES string of the molecule is CC1=C2C[C@H]3[C@@H](CC[C@@H]4CC(C=NS(C)(=O)=O)CC[C@@]43C)[C@@H]2CC[C@@]2(C1)O[C@@H]1C[C@H](C)CN(C)[C@H]1[C@H]2C. The summed E-state index contributed by atoms with van der Waals surface area (Å²) in [5.74, 6) is 4.71. The number of hydrogen-bond acceptors (Lipinski definition) is 4. The van der Waals surface area contributed by atoms with E-state index in [0.717, 1.165) is 42.9 Å². The van der Waals surface area contributed by atoms with E-state index >= 15 is 0 Å². The zero-order valence-corrected chi connectivity index (χ0v) is 24.9. The Kier molecular flexibility index (Phi) is 6.56. The fourth-order valence-corrected chi connectivity index (χ4v) is 11.2. The quantitative estimate of drug-likeness (QED) is 0.320. The van der Waals surface area contributed by atoms with Crippen LogP contribution in [0.5, 0.6) is 0 Å². The van der Waals surface area contributed by atoms with Gasteiger partial charge in [0.2, 0.25) is 10.0 Å². The van der Waals surface area contributed by atoms with Gasteiger partial charge in [-0.3, -0.25) is 0 Å².